The fourth-order valence-corrected chi connectivity index (χ4v) is 1.88. The minimum atomic E-state index is -4.32. The molecule has 0 heterocycles. The molecule has 8 heteroatoms. The van der Waals surface area contributed by atoms with Gasteiger partial charge in [0.1, 0.15) is 5.75 Å². The van der Waals surface area contributed by atoms with E-state index in [-0.39, 0.29) is 6.54 Å². The summed E-state index contributed by atoms with van der Waals surface area (Å²) in [6.45, 7) is -1.17. The summed E-state index contributed by atoms with van der Waals surface area (Å²) in [5, 5.41) is 2.36. The SMILES string of the molecule is COc1cc(OC)c(C(CN)NCC(F)(F)F)cc1OC. The van der Waals surface area contributed by atoms with E-state index in [1.807, 2.05) is 0 Å². The zero-order chi connectivity index (χ0) is 16.0. The monoisotopic (exact) mass is 308 g/mol. The standard InChI is InChI=1S/C13H19F3N2O3/c1-19-10-5-12(21-3)11(20-2)4-8(10)9(6-17)18-7-13(14,15)16/h4-5,9,18H,6-7,17H2,1-3H3. The molecule has 0 saturated carbocycles. The Morgan fingerprint density at radius 3 is 2.00 bits per heavy atom. The van der Waals surface area contributed by atoms with Crippen molar-refractivity contribution in [3.8, 4) is 17.2 Å². The quantitative estimate of drug-likeness (QED) is 0.805. The molecule has 0 amide bonds. The molecule has 0 bridgehead atoms. The van der Waals surface area contributed by atoms with Gasteiger partial charge in [-0.25, -0.2) is 0 Å². The second kappa shape index (κ2) is 7.37. The maximum Gasteiger partial charge on any atom is 0.401 e. The van der Waals surface area contributed by atoms with Gasteiger partial charge in [0.15, 0.2) is 11.5 Å². The Kier molecular flexibility index (Phi) is 6.10. The number of methoxy groups -OCH3 is 3. The van der Waals surface area contributed by atoms with Gasteiger partial charge in [-0.2, -0.15) is 13.2 Å². The van der Waals surface area contributed by atoms with Crippen LogP contribution in [0.1, 0.15) is 11.6 Å². The fraction of sp³-hybridized carbons (Fsp3) is 0.538. The molecule has 0 saturated heterocycles. The third kappa shape index (κ3) is 4.68. The number of hydrogen-bond acceptors (Lipinski definition) is 5. The fourth-order valence-electron chi connectivity index (χ4n) is 1.88. The minimum absolute atomic E-state index is 0.0259. The van der Waals surface area contributed by atoms with Crippen LogP contribution in [-0.2, 0) is 0 Å². The van der Waals surface area contributed by atoms with Crippen molar-refractivity contribution in [3.63, 3.8) is 0 Å². The van der Waals surface area contributed by atoms with Crippen molar-refractivity contribution in [2.45, 2.75) is 12.2 Å². The number of benzene rings is 1. The van der Waals surface area contributed by atoms with Crippen molar-refractivity contribution in [2.75, 3.05) is 34.4 Å². The molecule has 1 aromatic rings. The summed E-state index contributed by atoms with van der Waals surface area (Å²) in [7, 11) is 4.32. The molecule has 0 aliphatic rings. The molecule has 120 valence electrons. The second-order valence-electron chi connectivity index (χ2n) is 4.23. The molecule has 1 unspecified atom stereocenters. The summed E-state index contributed by atoms with van der Waals surface area (Å²) in [5.41, 5.74) is 6.04. The lowest BCUT2D eigenvalue weighted by Gasteiger charge is -2.22. The van der Waals surface area contributed by atoms with Crippen molar-refractivity contribution < 1.29 is 27.4 Å². The van der Waals surface area contributed by atoms with Gasteiger partial charge in [-0.05, 0) is 6.07 Å². The summed E-state index contributed by atoms with van der Waals surface area (Å²) < 4.78 is 52.5. The largest absolute Gasteiger partial charge is 0.496 e. The van der Waals surface area contributed by atoms with E-state index in [4.69, 9.17) is 19.9 Å². The molecule has 5 nitrogen and oxygen atoms in total. The summed E-state index contributed by atoms with van der Waals surface area (Å²) in [4.78, 5) is 0. The summed E-state index contributed by atoms with van der Waals surface area (Å²) >= 11 is 0. The van der Waals surface area contributed by atoms with E-state index >= 15 is 0 Å². The van der Waals surface area contributed by atoms with E-state index in [0.29, 0.717) is 22.8 Å². The normalized spacial score (nSPS) is 12.9. The lowest BCUT2D eigenvalue weighted by molar-refractivity contribution is -0.126. The van der Waals surface area contributed by atoms with Crippen LogP contribution >= 0.6 is 0 Å². The third-order valence-electron chi connectivity index (χ3n) is 2.90. The molecule has 21 heavy (non-hydrogen) atoms. The van der Waals surface area contributed by atoms with Crippen LogP contribution < -0.4 is 25.3 Å². The van der Waals surface area contributed by atoms with Crippen LogP contribution in [0.3, 0.4) is 0 Å². The summed E-state index contributed by atoms with van der Waals surface area (Å²) in [6.07, 6.45) is -4.32. The third-order valence-corrected chi connectivity index (χ3v) is 2.90. The van der Waals surface area contributed by atoms with Gasteiger partial charge in [0.05, 0.1) is 27.9 Å². The molecule has 1 atom stereocenters. The van der Waals surface area contributed by atoms with Crippen LogP contribution in [-0.4, -0.2) is 40.6 Å². The highest BCUT2D eigenvalue weighted by atomic mass is 19.4. The van der Waals surface area contributed by atoms with Gasteiger partial charge < -0.3 is 25.3 Å². The molecule has 1 aromatic carbocycles. The molecule has 0 fully saturated rings. The summed E-state index contributed by atoms with van der Waals surface area (Å²) in [6, 6.07) is 2.38. The lowest BCUT2D eigenvalue weighted by atomic mass is 10.0. The van der Waals surface area contributed by atoms with E-state index in [1.54, 1.807) is 12.1 Å². The maximum atomic E-state index is 12.3. The van der Waals surface area contributed by atoms with Gasteiger partial charge in [0, 0.05) is 24.2 Å². The molecule has 0 radical (unpaired) electrons. The van der Waals surface area contributed by atoms with E-state index < -0.39 is 18.8 Å². The van der Waals surface area contributed by atoms with Crippen molar-refractivity contribution in [1.82, 2.24) is 5.32 Å². The zero-order valence-corrected chi connectivity index (χ0v) is 12.1. The van der Waals surface area contributed by atoms with E-state index in [9.17, 15) is 13.2 Å². The summed E-state index contributed by atoms with van der Waals surface area (Å²) in [5.74, 6) is 1.18. The molecule has 0 aliphatic heterocycles. The predicted octanol–water partition coefficient (Wildman–Crippen LogP) is 1.86. The first-order chi connectivity index (χ1) is 9.86. The molecule has 1 rings (SSSR count). The highest BCUT2D eigenvalue weighted by Crippen LogP contribution is 2.37. The average molecular weight is 308 g/mol. The highest BCUT2D eigenvalue weighted by molar-refractivity contribution is 5.52. The molecule has 0 aliphatic carbocycles. The Bertz CT molecular complexity index is 467. The Balaban J connectivity index is 3.12. The lowest BCUT2D eigenvalue weighted by Crippen LogP contribution is -2.35. The number of rotatable bonds is 7. The Labute approximate surface area is 121 Å². The van der Waals surface area contributed by atoms with Gasteiger partial charge in [-0.3, -0.25) is 0 Å². The first-order valence-electron chi connectivity index (χ1n) is 6.16. The van der Waals surface area contributed by atoms with Crippen LogP contribution in [0.25, 0.3) is 0 Å². The molecular formula is C13H19F3N2O3. The molecule has 3 N–H and O–H groups in total. The number of alkyl halides is 3. The van der Waals surface area contributed by atoms with E-state index in [2.05, 4.69) is 5.32 Å². The van der Waals surface area contributed by atoms with Crippen molar-refractivity contribution in [1.29, 1.82) is 0 Å². The van der Waals surface area contributed by atoms with Crippen molar-refractivity contribution in [3.05, 3.63) is 17.7 Å². The predicted molar refractivity (Wildman–Crippen MR) is 72.0 cm³/mol. The zero-order valence-electron chi connectivity index (χ0n) is 12.1. The first kappa shape index (κ1) is 17.4. The number of nitrogens with one attached hydrogen (secondary N) is 1. The number of nitrogens with two attached hydrogens (primary N) is 1. The van der Waals surface area contributed by atoms with Crippen LogP contribution in [0.4, 0.5) is 13.2 Å². The number of ether oxygens (including phenoxy) is 3. The number of hydrogen-bond donors (Lipinski definition) is 2. The topological polar surface area (TPSA) is 65.7 Å². The van der Waals surface area contributed by atoms with Crippen molar-refractivity contribution in [2.24, 2.45) is 5.73 Å². The minimum Gasteiger partial charge on any atom is -0.496 e. The van der Waals surface area contributed by atoms with Crippen LogP contribution in [0.5, 0.6) is 17.2 Å². The van der Waals surface area contributed by atoms with Gasteiger partial charge in [-0.1, -0.05) is 0 Å². The van der Waals surface area contributed by atoms with Crippen molar-refractivity contribution >= 4 is 0 Å². The van der Waals surface area contributed by atoms with Crippen LogP contribution in [0.2, 0.25) is 0 Å². The molecular weight excluding hydrogens is 289 g/mol. The van der Waals surface area contributed by atoms with Gasteiger partial charge in [0.2, 0.25) is 0 Å². The number of halogens is 3. The van der Waals surface area contributed by atoms with Crippen LogP contribution in [0, 0.1) is 0 Å². The van der Waals surface area contributed by atoms with Gasteiger partial charge >= 0.3 is 6.18 Å². The second-order valence-corrected chi connectivity index (χ2v) is 4.23. The smallest absolute Gasteiger partial charge is 0.401 e. The first-order valence-corrected chi connectivity index (χ1v) is 6.16. The molecule has 0 aromatic heterocycles. The maximum absolute atomic E-state index is 12.3. The highest BCUT2D eigenvalue weighted by Gasteiger charge is 2.29. The Morgan fingerprint density at radius 2 is 1.57 bits per heavy atom. The van der Waals surface area contributed by atoms with E-state index in [0.717, 1.165) is 0 Å². The Hall–Kier alpha value is -1.67. The van der Waals surface area contributed by atoms with Gasteiger partial charge in [-0.15, -0.1) is 0 Å². The van der Waals surface area contributed by atoms with Gasteiger partial charge in [0.25, 0.3) is 0 Å². The molecule has 0 spiro atoms. The van der Waals surface area contributed by atoms with Crippen LogP contribution in [0.15, 0.2) is 12.1 Å². The average Bonchev–Trinajstić information content (AvgIpc) is 2.45. The Morgan fingerprint density at radius 1 is 1.05 bits per heavy atom. The van der Waals surface area contributed by atoms with E-state index in [1.165, 1.54) is 21.3 Å².